The van der Waals surface area contributed by atoms with Gasteiger partial charge in [0, 0.05) is 53.9 Å². The maximum absolute atomic E-state index is 13.0. The molecule has 1 aliphatic rings. The third-order valence-corrected chi connectivity index (χ3v) is 6.06. The molecule has 4 rings (SSSR count). The summed E-state index contributed by atoms with van der Waals surface area (Å²) in [6, 6.07) is 10.7. The molecule has 31 heavy (non-hydrogen) atoms. The monoisotopic (exact) mass is 420 g/mol. The lowest BCUT2D eigenvalue weighted by atomic mass is 10.1. The highest BCUT2D eigenvalue weighted by Crippen LogP contribution is 2.28. The SMILES string of the molecule is COc1ccc(C(=O)N2CCN(C)CC2)cc1NC(=O)c1ccc2[nH]c(C)c(C)c2c1. The number of carbonyl (C=O) groups is 2. The number of aromatic amines is 1. The number of fused-ring (bicyclic) bond motifs is 1. The van der Waals surface area contributed by atoms with Gasteiger partial charge in [0.05, 0.1) is 12.8 Å². The van der Waals surface area contributed by atoms with Crippen molar-refractivity contribution in [1.29, 1.82) is 0 Å². The summed E-state index contributed by atoms with van der Waals surface area (Å²) in [7, 11) is 3.60. The molecule has 0 spiro atoms. The van der Waals surface area contributed by atoms with E-state index in [1.807, 2.05) is 30.9 Å². The number of likely N-dealkylation sites (N-methyl/N-ethyl adjacent to an activating group) is 1. The Balaban J connectivity index is 1.58. The molecule has 2 aromatic carbocycles. The number of hydrogen-bond donors (Lipinski definition) is 2. The van der Waals surface area contributed by atoms with Crippen LogP contribution in [-0.2, 0) is 0 Å². The number of piperazine rings is 1. The van der Waals surface area contributed by atoms with E-state index in [1.54, 1.807) is 31.4 Å². The Morgan fingerprint density at radius 2 is 1.71 bits per heavy atom. The number of benzene rings is 2. The smallest absolute Gasteiger partial charge is 0.255 e. The van der Waals surface area contributed by atoms with E-state index in [0.717, 1.165) is 35.2 Å². The summed E-state index contributed by atoms with van der Waals surface area (Å²) in [5.74, 6) is 0.228. The molecule has 0 aliphatic carbocycles. The van der Waals surface area contributed by atoms with E-state index in [0.29, 0.717) is 35.7 Å². The standard InChI is InChI=1S/C24H28N4O3/c1-15-16(2)25-20-7-5-17(13-19(15)20)23(29)26-21-14-18(6-8-22(21)31-4)24(30)28-11-9-27(3)10-12-28/h5-8,13-14,25H,9-12H2,1-4H3,(H,26,29). The number of aryl methyl sites for hydroxylation is 2. The molecule has 1 saturated heterocycles. The van der Waals surface area contributed by atoms with Crippen molar-refractivity contribution in [3.05, 3.63) is 58.8 Å². The molecule has 2 amide bonds. The van der Waals surface area contributed by atoms with Crippen LogP contribution in [-0.4, -0.2) is 66.9 Å². The molecule has 162 valence electrons. The van der Waals surface area contributed by atoms with Crippen molar-refractivity contribution >= 4 is 28.4 Å². The molecule has 0 bridgehead atoms. The number of carbonyl (C=O) groups excluding carboxylic acids is 2. The van der Waals surface area contributed by atoms with Crippen LogP contribution in [0.15, 0.2) is 36.4 Å². The molecule has 3 aromatic rings. The fraction of sp³-hybridized carbons (Fsp3) is 0.333. The second kappa shape index (κ2) is 8.43. The number of amides is 2. The van der Waals surface area contributed by atoms with Crippen LogP contribution < -0.4 is 10.1 Å². The maximum atomic E-state index is 13.0. The highest BCUT2D eigenvalue weighted by atomic mass is 16.5. The number of nitrogens with zero attached hydrogens (tertiary/aromatic N) is 2. The van der Waals surface area contributed by atoms with Gasteiger partial charge < -0.3 is 24.8 Å². The lowest BCUT2D eigenvalue weighted by Crippen LogP contribution is -2.47. The molecular weight excluding hydrogens is 392 g/mol. The second-order valence-corrected chi connectivity index (χ2v) is 8.10. The van der Waals surface area contributed by atoms with Crippen LogP contribution in [0.25, 0.3) is 10.9 Å². The average Bonchev–Trinajstić information content (AvgIpc) is 3.06. The molecule has 0 unspecified atom stereocenters. The number of hydrogen-bond acceptors (Lipinski definition) is 4. The minimum absolute atomic E-state index is 0.0360. The van der Waals surface area contributed by atoms with E-state index in [9.17, 15) is 9.59 Å². The zero-order chi connectivity index (χ0) is 22.1. The van der Waals surface area contributed by atoms with Crippen LogP contribution in [0.2, 0.25) is 0 Å². The van der Waals surface area contributed by atoms with Gasteiger partial charge >= 0.3 is 0 Å². The second-order valence-electron chi connectivity index (χ2n) is 8.10. The van der Waals surface area contributed by atoms with Crippen LogP contribution in [0.1, 0.15) is 32.0 Å². The number of methoxy groups -OCH3 is 1. The average molecular weight is 421 g/mol. The zero-order valence-electron chi connectivity index (χ0n) is 18.4. The van der Waals surface area contributed by atoms with Gasteiger partial charge in [-0.25, -0.2) is 0 Å². The summed E-state index contributed by atoms with van der Waals surface area (Å²) in [6.45, 7) is 7.14. The summed E-state index contributed by atoms with van der Waals surface area (Å²) in [6.07, 6.45) is 0. The van der Waals surface area contributed by atoms with E-state index >= 15 is 0 Å². The summed E-state index contributed by atoms with van der Waals surface area (Å²) in [4.78, 5) is 33.3. The van der Waals surface area contributed by atoms with Gasteiger partial charge in [0.25, 0.3) is 11.8 Å². The topological polar surface area (TPSA) is 77.7 Å². The van der Waals surface area contributed by atoms with E-state index in [-0.39, 0.29) is 11.8 Å². The molecule has 7 heteroatoms. The Morgan fingerprint density at radius 1 is 1.00 bits per heavy atom. The minimum atomic E-state index is -0.248. The largest absolute Gasteiger partial charge is 0.495 e. The van der Waals surface area contributed by atoms with Gasteiger partial charge in [-0.15, -0.1) is 0 Å². The molecule has 0 radical (unpaired) electrons. The van der Waals surface area contributed by atoms with Gasteiger partial charge in [-0.2, -0.15) is 0 Å². The van der Waals surface area contributed by atoms with Crippen molar-refractivity contribution in [2.45, 2.75) is 13.8 Å². The Labute approximate surface area is 182 Å². The van der Waals surface area contributed by atoms with Crippen LogP contribution in [0.3, 0.4) is 0 Å². The zero-order valence-corrected chi connectivity index (χ0v) is 18.4. The molecule has 1 fully saturated rings. The van der Waals surface area contributed by atoms with Gasteiger partial charge in [-0.1, -0.05) is 0 Å². The highest BCUT2D eigenvalue weighted by Gasteiger charge is 2.22. The van der Waals surface area contributed by atoms with Crippen molar-refractivity contribution in [1.82, 2.24) is 14.8 Å². The first-order valence-corrected chi connectivity index (χ1v) is 10.4. The van der Waals surface area contributed by atoms with Crippen LogP contribution in [0, 0.1) is 13.8 Å². The number of H-pyrrole nitrogens is 1. The van der Waals surface area contributed by atoms with Gasteiger partial charge in [-0.05, 0) is 62.9 Å². The normalized spacial score (nSPS) is 14.6. The van der Waals surface area contributed by atoms with E-state index < -0.39 is 0 Å². The van der Waals surface area contributed by atoms with Crippen molar-refractivity contribution < 1.29 is 14.3 Å². The van der Waals surface area contributed by atoms with Gasteiger partial charge in [-0.3, -0.25) is 9.59 Å². The number of nitrogens with one attached hydrogen (secondary N) is 2. The molecule has 2 heterocycles. The van der Waals surface area contributed by atoms with Gasteiger partial charge in [0.2, 0.25) is 0 Å². The molecular formula is C24H28N4O3. The van der Waals surface area contributed by atoms with Crippen molar-refractivity contribution in [2.75, 3.05) is 45.7 Å². The van der Waals surface area contributed by atoms with E-state index in [1.165, 1.54) is 0 Å². The predicted molar refractivity (Wildman–Crippen MR) is 122 cm³/mol. The number of ether oxygens (including phenoxy) is 1. The number of rotatable bonds is 4. The van der Waals surface area contributed by atoms with Gasteiger partial charge in [0.1, 0.15) is 5.75 Å². The highest BCUT2D eigenvalue weighted by molar-refractivity contribution is 6.08. The Morgan fingerprint density at radius 3 is 2.42 bits per heavy atom. The maximum Gasteiger partial charge on any atom is 0.255 e. The molecule has 2 N–H and O–H groups in total. The molecule has 0 saturated carbocycles. The lowest BCUT2D eigenvalue weighted by molar-refractivity contribution is 0.0664. The predicted octanol–water partition coefficient (Wildman–Crippen LogP) is 3.43. The van der Waals surface area contributed by atoms with Crippen LogP contribution in [0.5, 0.6) is 5.75 Å². The van der Waals surface area contributed by atoms with Crippen molar-refractivity contribution in [3.63, 3.8) is 0 Å². The van der Waals surface area contributed by atoms with Gasteiger partial charge in [0.15, 0.2) is 0 Å². The fourth-order valence-electron chi connectivity index (χ4n) is 3.93. The summed E-state index contributed by atoms with van der Waals surface area (Å²) < 4.78 is 5.42. The molecule has 1 aliphatic heterocycles. The van der Waals surface area contributed by atoms with E-state index in [4.69, 9.17) is 4.74 Å². The third-order valence-electron chi connectivity index (χ3n) is 6.06. The fourth-order valence-corrected chi connectivity index (χ4v) is 3.93. The molecule has 7 nitrogen and oxygen atoms in total. The minimum Gasteiger partial charge on any atom is -0.495 e. The Bertz CT molecular complexity index is 1140. The third kappa shape index (κ3) is 4.14. The first-order chi connectivity index (χ1) is 14.9. The summed E-state index contributed by atoms with van der Waals surface area (Å²) in [5, 5.41) is 3.95. The first kappa shape index (κ1) is 20.9. The number of anilines is 1. The van der Waals surface area contributed by atoms with Crippen LogP contribution in [0.4, 0.5) is 5.69 Å². The lowest BCUT2D eigenvalue weighted by Gasteiger charge is -2.32. The Hall–Kier alpha value is -3.32. The number of aromatic nitrogens is 1. The summed E-state index contributed by atoms with van der Waals surface area (Å²) >= 11 is 0. The van der Waals surface area contributed by atoms with Crippen molar-refractivity contribution in [3.8, 4) is 5.75 Å². The molecule has 0 atom stereocenters. The van der Waals surface area contributed by atoms with Crippen molar-refractivity contribution in [2.24, 2.45) is 0 Å². The summed E-state index contributed by atoms with van der Waals surface area (Å²) in [5.41, 5.74) is 4.78. The van der Waals surface area contributed by atoms with E-state index in [2.05, 4.69) is 22.2 Å². The van der Waals surface area contributed by atoms with Crippen LogP contribution >= 0.6 is 0 Å². The Kier molecular flexibility index (Phi) is 5.69. The molecule has 1 aromatic heterocycles. The first-order valence-electron chi connectivity index (χ1n) is 10.4. The quantitative estimate of drug-likeness (QED) is 0.678.